The zero-order chi connectivity index (χ0) is 19.6. The van der Waals surface area contributed by atoms with E-state index in [9.17, 15) is 0 Å². The molecule has 1 aliphatic rings. The molecular formula is C21H37IN4O2. The number of hydrogen-bond acceptors (Lipinski definition) is 4. The Morgan fingerprint density at radius 1 is 1.36 bits per heavy atom. The normalized spacial score (nSPS) is 17.9. The van der Waals surface area contributed by atoms with Crippen LogP contribution in [0, 0.1) is 5.92 Å². The smallest absolute Gasteiger partial charge is 0.193 e. The lowest BCUT2D eigenvalue weighted by Crippen LogP contribution is -2.50. The van der Waals surface area contributed by atoms with Gasteiger partial charge in [-0.3, -0.25) is 9.89 Å². The first-order valence-corrected chi connectivity index (χ1v) is 9.99. The molecule has 1 saturated heterocycles. The van der Waals surface area contributed by atoms with Gasteiger partial charge in [0.05, 0.1) is 19.3 Å². The number of nitrogens with zero attached hydrogens (tertiary/aromatic N) is 3. The highest BCUT2D eigenvalue weighted by Gasteiger charge is 2.21. The van der Waals surface area contributed by atoms with Gasteiger partial charge in [-0.25, -0.2) is 0 Å². The van der Waals surface area contributed by atoms with Crippen molar-refractivity contribution in [1.29, 1.82) is 0 Å². The number of guanidine groups is 1. The third-order valence-corrected chi connectivity index (χ3v) is 4.56. The number of hydrogen-bond donors (Lipinski definition) is 1. The van der Waals surface area contributed by atoms with E-state index < -0.39 is 0 Å². The summed E-state index contributed by atoms with van der Waals surface area (Å²) in [5.41, 5.74) is 1.22. The molecule has 160 valence electrons. The van der Waals surface area contributed by atoms with Crippen molar-refractivity contribution >= 4 is 29.9 Å². The van der Waals surface area contributed by atoms with Crippen molar-refractivity contribution in [2.75, 3.05) is 53.5 Å². The zero-order valence-corrected chi connectivity index (χ0v) is 20.3. The number of halogens is 1. The molecule has 0 amide bonds. The molecule has 6 nitrogen and oxygen atoms in total. The zero-order valence-electron chi connectivity index (χ0n) is 18.0. The molecular weight excluding hydrogens is 467 g/mol. The van der Waals surface area contributed by atoms with Crippen molar-refractivity contribution in [2.24, 2.45) is 10.9 Å². The number of rotatable bonds is 8. The first-order chi connectivity index (χ1) is 13.0. The number of nitrogens with one attached hydrogen (secondary N) is 1. The molecule has 7 heteroatoms. The van der Waals surface area contributed by atoms with Gasteiger partial charge in [-0.15, -0.1) is 24.0 Å². The standard InChI is InChI=1S/C21H36N4O2.HI/c1-6-26-19-9-7-18(8-10-19)15-24(5)21(22-4)23-13-20-16-25(11-12-27-20)14-17(2)3;/h7-10,17,20H,6,11-16H2,1-5H3,(H,22,23);1H. The van der Waals surface area contributed by atoms with Gasteiger partial charge in [0.2, 0.25) is 0 Å². The van der Waals surface area contributed by atoms with Crippen LogP contribution in [0.25, 0.3) is 0 Å². The lowest BCUT2D eigenvalue weighted by Gasteiger charge is -2.34. The maximum Gasteiger partial charge on any atom is 0.193 e. The summed E-state index contributed by atoms with van der Waals surface area (Å²) in [6.45, 7) is 12.7. The van der Waals surface area contributed by atoms with Gasteiger partial charge >= 0.3 is 0 Å². The minimum absolute atomic E-state index is 0. The van der Waals surface area contributed by atoms with Gasteiger partial charge in [-0.2, -0.15) is 0 Å². The average Bonchev–Trinajstić information content (AvgIpc) is 2.64. The fraction of sp³-hybridized carbons (Fsp3) is 0.667. The molecule has 1 fully saturated rings. The Morgan fingerprint density at radius 2 is 2.07 bits per heavy atom. The van der Waals surface area contributed by atoms with Crippen LogP contribution < -0.4 is 10.1 Å². The predicted octanol–water partition coefficient (Wildman–Crippen LogP) is 3.07. The van der Waals surface area contributed by atoms with Gasteiger partial charge < -0.3 is 19.7 Å². The van der Waals surface area contributed by atoms with Crippen LogP contribution in [0.3, 0.4) is 0 Å². The Kier molecular flexibility index (Phi) is 11.8. The van der Waals surface area contributed by atoms with Gasteiger partial charge in [-0.05, 0) is 30.5 Å². The molecule has 1 N–H and O–H groups in total. The van der Waals surface area contributed by atoms with Gasteiger partial charge in [-0.1, -0.05) is 26.0 Å². The lowest BCUT2D eigenvalue weighted by atomic mass is 10.2. The molecule has 1 aromatic carbocycles. The van der Waals surface area contributed by atoms with Gasteiger partial charge in [0, 0.05) is 46.8 Å². The van der Waals surface area contributed by atoms with Crippen LogP contribution in [0.1, 0.15) is 26.3 Å². The topological polar surface area (TPSA) is 49.3 Å². The quantitative estimate of drug-likeness (QED) is 0.335. The average molecular weight is 504 g/mol. The van der Waals surface area contributed by atoms with E-state index in [4.69, 9.17) is 9.47 Å². The highest BCUT2D eigenvalue weighted by atomic mass is 127. The summed E-state index contributed by atoms with van der Waals surface area (Å²) < 4.78 is 11.4. The Bertz CT molecular complexity index is 580. The molecule has 1 aliphatic heterocycles. The molecule has 1 unspecified atom stereocenters. The molecule has 1 heterocycles. The first kappa shape index (κ1) is 25.0. The second kappa shape index (κ2) is 13.2. The molecule has 1 atom stereocenters. The summed E-state index contributed by atoms with van der Waals surface area (Å²) in [6.07, 6.45) is 0.202. The Hall–Kier alpha value is -1.06. The van der Waals surface area contributed by atoms with Crippen LogP contribution in [0.2, 0.25) is 0 Å². The van der Waals surface area contributed by atoms with Gasteiger partial charge in [0.15, 0.2) is 5.96 Å². The lowest BCUT2D eigenvalue weighted by molar-refractivity contribution is -0.0286. The molecule has 28 heavy (non-hydrogen) atoms. The fourth-order valence-electron chi connectivity index (χ4n) is 3.38. The second-order valence-electron chi connectivity index (χ2n) is 7.51. The van der Waals surface area contributed by atoms with Crippen molar-refractivity contribution in [2.45, 2.75) is 33.4 Å². The van der Waals surface area contributed by atoms with Crippen LogP contribution in [-0.4, -0.2) is 75.4 Å². The minimum Gasteiger partial charge on any atom is -0.494 e. The minimum atomic E-state index is 0. The van der Waals surface area contributed by atoms with E-state index in [1.54, 1.807) is 0 Å². The van der Waals surface area contributed by atoms with Gasteiger partial charge in [0.25, 0.3) is 0 Å². The van der Waals surface area contributed by atoms with E-state index in [0.717, 1.165) is 51.0 Å². The van der Waals surface area contributed by atoms with E-state index in [0.29, 0.717) is 12.5 Å². The Morgan fingerprint density at radius 3 is 2.68 bits per heavy atom. The Balaban J connectivity index is 0.00000392. The predicted molar refractivity (Wildman–Crippen MR) is 127 cm³/mol. The largest absolute Gasteiger partial charge is 0.494 e. The van der Waals surface area contributed by atoms with Crippen molar-refractivity contribution in [3.8, 4) is 5.75 Å². The van der Waals surface area contributed by atoms with Crippen LogP contribution in [0.5, 0.6) is 5.75 Å². The van der Waals surface area contributed by atoms with Crippen LogP contribution in [0.15, 0.2) is 29.3 Å². The summed E-state index contributed by atoms with van der Waals surface area (Å²) in [5, 5.41) is 3.46. The molecule has 0 spiro atoms. The highest BCUT2D eigenvalue weighted by molar-refractivity contribution is 14.0. The van der Waals surface area contributed by atoms with Crippen molar-refractivity contribution in [3.05, 3.63) is 29.8 Å². The molecule has 0 aromatic heterocycles. The second-order valence-corrected chi connectivity index (χ2v) is 7.51. The third kappa shape index (κ3) is 8.53. The summed E-state index contributed by atoms with van der Waals surface area (Å²) >= 11 is 0. The van der Waals surface area contributed by atoms with Crippen LogP contribution in [0.4, 0.5) is 0 Å². The molecule has 2 rings (SSSR count). The summed E-state index contributed by atoms with van der Waals surface area (Å²) in [6, 6.07) is 8.23. The van der Waals surface area contributed by atoms with E-state index in [1.807, 2.05) is 26.1 Å². The molecule has 1 aromatic rings. The number of aliphatic imine (C=N–C) groups is 1. The maximum absolute atomic E-state index is 5.93. The maximum atomic E-state index is 5.93. The summed E-state index contributed by atoms with van der Waals surface area (Å²) in [5.74, 6) is 2.48. The van der Waals surface area contributed by atoms with E-state index in [-0.39, 0.29) is 30.1 Å². The molecule has 0 radical (unpaired) electrons. The summed E-state index contributed by atoms with van der Waals surface area (Å²) in [7, 11) is 3.88. The monoisotopic (exact) mass is 504 g/mol. The van der Waals surface area contributed by atoms with Crippen molar-refractivity contribution < 1.29 is 9.47 Å². The number of benzene rings is 1. The highest BCUT2D eigenvalue weighted by Crippen LogP contribution is 2.13. The first-order valence-electron chi connectivity index (χ1n) is 9.99. The number of ether oxygens (including phenoxy) is 2. The van der Waals surface area contributed by atoms with E-state index in [2.05, 4.69) is 53.1 Å². The van der Waals surface area contributed by atoms with E-state index in [1.165, 1.54) is 5.56 Å². The van der Waals surface area contributed by atoms with Crippen molar-refractivity contribution in [1.82, 2.24) is 15.1 Å². The third-order valence-electron chi connectivity index (χ3n) is 4.56. The molecule has 0 bridgehead atoms. The molecule has 0 saturated carbocycles. The van der Waals surface area contributed by atoms with Crippen LogP contribution >= 0.6 is 24.0 Å². The fourth-order valence-corrected chi connectivity index (χ4v) is 3.38. The summed E-state index contributed by atoms with van der Waals surface area (Å²) in [4.78, 5) is 9.04. The van der Waals surface area contributed by atoms with Gasteiger partial charge in [0.1, 0.15) is 5.75 Å². The Labute approximate surface area is 187 Å². The van der Waals surface area contributed by atoms with Crippen molar-refractivity contribution in [3.63, 3.8) is 0 Å². The number of morpholine rings is 1. The van der Waals surface area contributed by atoms with E-state index >= 15 is 0 Å². The van der Waals surface area contributed by atoms with Crippen LogP contribution in [-0.2, 0) is 11.3 Å². The molecule has 0 aliphatic carbocycles. The SMILES string of the molecule is CCOc1ccc(CN(C)C(=NC)NCC2CN(CC(C)C)CCO2)cc1.I.